The van der Waals surface area contributed by atoms with Crippen molar-refractivity contribution in [3.63, 3.8) is 0 Å². The molecule has 0 aliphatic carbocycles. The van der Waals surface area contributed by atoms with Crippen LogP contribution >= 0.6 is 0 Å². The van der Waals surface area contributed by atoms with Crippen LogP contribution in [-0.2, 0) is 4.74 Å². The van der Waals surface area contributed by atoms with Crippen molar-refractivity contribution in [3.05, 3.63) is 59.2 Å². The minimum absolute atomic E-state index is 0.113. The molecule has 1 rings (SSSR count). The van der Waals surface area contributed by atoms with Gasteiger partial charge in [-0.1, -0.05) is 35.5 Å². The van der Waals surface area contributed by atoms with Gasteiger partial charge >= 0.3 is 5.97 Å². The van der Waals surface area contributed by atoms with E-state index in [2.05, 4.69) is 57.3 Å². The first-order chi connectivity index (χ1) is 13.4. The van der Waals surface area contributed by atoms with Gasteiger partial charge in [0.25, 0.3) is 0 Å². The van der Waals surface area contributed by atoms with Crippen molar-refractivity contribution in [2.45, 2.75) is 59.4 Å². The summed E-state index contributed by atoms with van der Waals surface area (Å²) in [7, 11) is 3.00. The Hall–Kier alpha value is -2.49. The number of rotatable bonds is 11. The van der Waals surface area contributed by atoms with Crippen molar-refractivity contribution in [1.29, 1.82) is 0 Å². The Morgan fingerprint density at radius 2 is 1.86 bits per heavy atom. The lowest BCUT2D eigenvalue weighted by molar-refractivity contribution is 0.0600. The largest absolute Gasteiger partial charge is 0.495 e. The summed E-state index contributed by atoms with van der Waals surface area (Å²) in [5.41, 5.74) is 4.06. The van der Waals surface area contributed by atoms with E-state index in [-0.39, 0.29) is 12.0 Å². The van der Waals surface area contributed by atoms with Crippen LogP contribution in [0.15, 0.2) is 53.6 Å². The minimum Gasteiger partial charge on any atom is -0.495 e. The van der Waals surface area contributed by atoms with Crippen LogP contribution in [0, 0.1) is 0 Å². The number of nitrogens with one attached hydrogen (secondary N) is 1. The van der Waals surface area contributed by atoms with E-state index < -0.39 is 0 Å². The Bertz CT molecular complexity index is 717. The van der Waals surface area contributed by atoms with Gasteiger partial charge in [-0.3, -0.25) is 0 Å². The van der Waals surface area contributed by atoms with Crippen LogP contribution in [0.2, 0.25) is 0 Å². The lowest BCUT2D eigenvalue weighted by Crippen LogP contribution is -2.14. The molecular weight excluding hydrogens is 350 g/mol. The number of carbonyl (C=O) groups is 1. The molecule has 0 heterocycles. The van der Waals surface area contributed by atoms with E-state index in [1.807, 2.05) is 0 Å². The molecule has 0 spiro atoms. The topological polar surface area (TPSA) is 47.6 Å². The number of hydrogen-bond donors (Lipinski definition) is 1. The molecule has 1 N–H and O–H groups in total. The molecule has 0 aliphatic rings. The maximum absolute atomic E-state index is 11.8. The highest BCUT2D eigenvalue weighted by Gasteiger charge is 2.11. The van der Waals surface area contributed by atoms with Crippen molar-refractivity contribution in [2.75, 3.05) is 19.5 Å². The highest BCUT2D eigenvalue weighted by molar-refractivity contribution is 5.91. The van der Waals surface area contributed by atoms with Crippen molar-refractivity contribution in [3.8, 4) is 5.75 Å². The fraction of sp³-hybridized carbons (Fsp3) is 0.458. The molecule has 0 aromatic heterocycles. The summed E-state index contributed by atoms with van der Waals surface area (Å²) in [6.45, 7) is 8.51. The fourth-order valence-corrected chi connectivity index (χ4v) is 2.99. The molecule has 0 radical (unpaired) electrons. The van der Waals surface area contributed by atoms with Gasteiger partial charge in [-0.05, 0) is 71.6 Å². The Morgan fingerprint density at radius 1 is 1.14 bits per heavy atom. The molecule has 0 bridgehead atoms. The molecule has 0 aliphatic heterocycles. The Morgan fingerprint density at radius 3 is 2.50 bits per heavy atom. The number of methoxy groups -OCH3 is 2. The number of hydrogen-bond acceptors (Lipinski definition) is 4. The second kappa shape index (κ2) is 12.8. The second-order valence-corrected chi connectivity index (χ2v) is 7.05. The van der Waals surface area contributed by atoms with Crippen LogP contribution in [0.1, 0.15) is 63.7 Å². The van der Waals surface area contributed by atoms with E-state index in [4.69, 9.17) is 9.47 Å². The Balaban J connectivity index is 2.67. The standard InChI is InChI=1S/C24H35NO3/c1-7-8-9-11-18(2)12-10-13-19(3)16-20(4)25-22-17-21(24(26)28-6)14-15-23(22)27-5/h7-8,12,14-17,20,25H,9-11,13H2,1-6H3. The number of ether oxygens (including phenoxy) is 2. The average Bonchev–Trinajstić information content (AvgIpc) is 2.67. The van der Waals surface area contributed by atoms with Crippen LogP contribution in [-0.4, -0.2) is 26.2 Å². The first kappa shape index (κ1) is 23.5. The Kier molecular flexibility index (Phi) is 10.8. The van der Waals surface area contributed by atoms with Crippen molar-refractivity contribution >= 4 is 11.7 Å². The molecule has 28 heavy (non-hydrogen) atoms. The predicted octanol–water partition coefficient (Wildman–Crippen LogP) is 6.31. The van der Waals surface area contributed by atoms with Gasteiger partial charge in [0.15, 0.2) is 0 Å². The molecule has 4 nitrogen and oxygen atoms in total. The molecule has 0 fully saturated rings. The Labute approximate surface area is 170 Å². The van der Waals surface area contributed by atoms with Gasteiger partial charge in [-0.15, -0.1) is 0 Å². The first-order valence-electron chi connectivity index (χ1n) is 9.88. The molecule has 4 heteroatoms. The lowest BCUT2D eigenvalue weighted by Gasteiger charge is -2.16. The molecular formula is C24H35NO3. The summed E-state index contributed by atoms with van der Waals surface area (Å²) in [5.74, 6) is 0.340. The van der Waals surface area contributed by atoms with Crippen LogP contribution < -0.4 is 10.1 Å². The lowest BCUT2D eigenvalue weighted by atomic mass is 10.1. The molecule has 0 amide bonds. The van der Waals surface area contributed by atoms with Gasteiger partial charge in [-0.2, -0.15) is 0 Å². The normalized spacial score (nSPS) is 13.5. The highest BCUT2D eigenvalue weighted by atomic mass is 16.5. The van der Waals surface area contributed by atoms with E-state index in [1.54, 1.807) is 25.3 Å². The van der Waals surface area contributed by atoms with Crippen molar-refractivity contribution in [2.24, 2.45) is 0 Å². The van der Waals surface area contributed by atoms with Gasteiger partial charge in [0.1, 0.15) is 5.75 Å². The summed E-state index contributed by atoms with van der Waals surface area (Å²) >= 11 is 0. The van der Waals surface area contributed by atoms with Gasteiger partial charge < -0.3 is 14.8 Å². The number of benzene rings is 1. The molecule has 1 unspecified atom stereocenters. The molecule has 154 valence electrons. The summed E-state index contributed by atoms with van der Waals surface area (Å²) in [6.07, 6.45) is 13.2. The predicted molar refractivity (Wildman–Crippen MR) is 118 cm³/mol. The van der Waals surface area contributed by atoms with Gasteiger partial charge in [0.2, 0.25) is 0 Å². The minimum atomic E-state index is -0.360. The van der Waals surface area contributed by atoms with Crippen molar-refractivity contribution < 1.29 is 14.3 Å². The van der Waals surface area contributed by atoms with Crippen LogP contribution in [0.3, 0.4) is 0 Å². The van der Waals surface area contributed by atoms with Gasteiger partial charge in [0, 0.05) is 6.04 Å². The molecule has 1 atom stereocenters. The zero-order valence-electron chi connectivity index (χ0n) is 18.2. The highest BCUT2D eigenvalue weighted by Crippen LogP contribution is 2.27. The average molecular weight is 386 g/mol. The van der Waals surface area contributed by atoms with Crippen LogP contribution in [0.25, 0.3) is 0 Å². The molecule has 1 aromatic rings. The third kappa shape index (κ3) is 8.47. The summed E-state index contributed by atoms with van der Waals surface area (Å²) in [6, 6.07) is 5.36. The van der Waals surface area contributed by atoms with Gasteiger partial charge in [0.05, 0.1) is 25.5 Å². The number of esters is 1. The summed E-state index contributed by atoms with van der Waals surface area (Å²) in [5, 5.41) is 3.41. The van der Waals surface area contributed by atoms with E-state index in [0.29, 0.717) is 11.3 Å². The zero-order valence-corrected chi connectivity index (χ0v) is 18.2. The van der Waals surface area contributed by atoms with Crippen LogP contribution in [0.5, 0.6) is 5.75 Å². The number of carbonyl (C=O) groups excluding carboxylic acids is 1. The summed E-state index contributed by atoms with van der Waals surface area (Å²) < 4.78 is 10.2. The third-order valence-electron chi connectivity index (χ3n) is 4.51. The second-order valence-electron chi connectivity index (χ2n) is 7.05. The molecule has 0 saturated heterocycles. The number of anilines is 1. The molecule has 1 aromatic carbocycles. The zero-order chi connectivity index (χ0) is 20.9. The fourth-order valence-electron chi connectivity index (χ4n) is 2.99. The first-order valence-corrected chi connectivity index (χ1v) is 9.88. The van der Waals surface area contributed by atoms with Crippen LogP contribution in [0.4, 0.5) is 5.69 Å². The molecule has 0 saturated carbocycles. The summed E-state index contributed by atoms with van der Waals surface area (Å²) in [4.78, 5) is 11.8. The maximum Gasteiger partial charge on any atom is 0.337 e. The smallest absolute Gasteiger partial charge is 0.337 e. The van der Waals surface area contributed by atoms with Crippen molar-refractivity contribution in [1.82, 2.24) is 0 Å². The van der Waals surface area contributed by atoms with E-state index >= 15 is 0 Å². The monoisotopic (exact) mass is 385 g/mol. The maximum atomic E-state index is 11.8. The van der Waals surface area contributed by atoms with E-state index in [0.717, 1.165) is 31.4 Å². The van der Waals surface area contributed by atoms with E-state index in [1.165, 1.54) is 18.3 Å². The van der Waals surface area contributed by atoms with Gasteiger partial charge in [-0.25, -0.2) is 4.79 Å². The number of allylic oxidation sites excluding steroid dienone is 5. The van der Waals surface area contributed by atoms with E-state index in [9.17, 15) is 4.79 Å². The quantitative estimate of drug-likeness (QED) is 0.358. The third-order valence-corrected chi connectivity index (χ3v) is 4.51. The SMILES string of the molecule is CC=CCCC(C)=CCCC(C)=CC(C)Nc1cc(C(=O)OC)ccc1OC.